The Morgan fingerprint density at radius 2 is 1.44 bits per heavy atom. The second-order valence-corrected chi connectivity index (χ2v) is 7.23. The lowest BCUT2D eigenvalue weighted by molar-refractivity contribution is -0.136. The summed E-state index contributed by atoms with van der Waals surface area (Å²) in [7, 11) is 1.66. The van der Waals surface area contributed by atoms with Crippen molar-refractivity contribution in [2.24, 2.45) is 0 Å². The lowest BCUT2D eigenvalue weighted by Gasteiger charge is -2.04. The van der Waals surface area contributed by atoms with Crippen molar-refractivity contribution in [3.8, 4) is 16.9 Å². The number of carboxylic acids is 1. The Morgan fingerprint density at radius 3 is 1.91 bits per heavy atom. The van der Waals surface area contributed by atoms with Crippen LogP contribution in [0, 0.1) is 5.41 Å². The number of aliphatic carboxylic acids is 1. The first-order valence-electron chi connectivity index (χ1n) is 10.3. The van der Waals surface area contributed by atoms with Gasteiger partial charge in [0.25, 0.3) is 0 Å². The third kappa shape index (κ3) is 8.34. The summed E-state index contributed by atoms with van der Waals surface area (Å²) in [4.78, 5) is 10.3. The van der Waals surface area contributed by atoms with Crippen LogP contribution in [-0.2, 0) is 17.9 Å². The second-order valence-electron chi connectivity index (χ2n) is 7.23. The molecule has 168 valence electrons. The maximum atomic E-state index is 10.3. The van der Waals surface area contributed by atoms with E-state index in [2.05, 4.69) is 5.32 Å². The summed E-state index contributed by atoms with van der Waals surface area (Å²) < 4.78 is 5.11. The maximum Gasteiger partial charge on any atom is 0.304 e. The van der Waals surface area contributed by atoms with Gasteiger partial charge >= 0.3 is 5.97 Å². The highest BCUT2D eigenvalue weighted by atomic mass is 16.5. The standard InChI is InChI=1S/C14H14O2.C12H16N2O2/c1-16-14-8-6-13(7-9-14)12-4-2-11(10-15)3-5-12;1-9(13)11-4-2-10(3-5-11)8-14-7-6-12(15)16/h2-9,15H,10H2,1H3;2-5,13-14H,6-8H2,1H3,(H,15,16). The summed E-state index contributed by atoms with van der Waals surface area (Å²) >= 11 is 0. The largest absolute Gasteiger partial charge is 0.497 e. The number of benzene rings is 3. The van der Waals surface area contributed by atoms with E-state index in [1.54, 1.807) is 14.0 Å². The molecule has 0 aliphatic heterocycles. The fourth-order valence-corrected chi connectivity index (χ4v) is 2.89. The minimum atomic E-state index is -0.790. The van der Waals surface area contributed by atoms with Crippen molar-refractivity contribution < 1.29 is 19.7 Å². The second kappa shape index (κ2) is 13.0. The highest BCUT2D eigenvalue weighted by Crippen LogP contribution is 2.22. The monoisotopic (exact) mass is 434 g/mol. The van der Waals surface area contributed by atoms with E-state index in [-0.39, 0.29) is 13.0 Å². The first-order chi connectivity index (χ1) is 15.4. The van der Waals surface area contributed by atoms with E-state index in [4.69, 9.17) is 20.4 Å². The quantitative estimate of drug-likeness (QED) is 0.293. The van der Waals surface area contributed by atoms with Crippen molar-refractivity contribution in [2.75, 3.05) is 13.7 Å². The van der Waals surface area contributed by atoms with Gasteiger partial charge in [-0.05, 0) is 46.9 Å². The van der Waals surface area contributed by atoms with Gasteiger partial charge in [-0.25, -0.2) is 0 Å². The van der Waals surface area contributed by atoms with E-state index in [0.717, 1.165) is 33.6 Å². The third-order valence-corrected chi connectivity index (χ3v) is 4.79. The number of carbonyl (C=O) groups is 1. The van der Waals surface area contributed by atoms with Crippen molar-refractivity contribution in [2.45, 2.75) is 26.5 Å². The lowest BCUT2D eigenvalue weighted by Crippen LogP contribution is -2.17. The maximum absolute atomic E-state index is 10.3. The van der Waals surface area contributed by atoms with E-state index >= 15 is 0 Å². The van der Waals surface area contributed by atoms with Crippen molar-refractivity contribution >= 4 is 11.7 Å². The van der Waals surface area contributed by atoms with Crippen molar-refractivity contribution in [1.82, 2.24) is 5.32 Å². The fraction of sp³-hybridized carbons (Fsp3) is 0.231. The summed E-state index contributed by atoms with van der Waals surface area (Å²) in [6, 6.07) is 23.5. The molecule has 32 heavy (non-hydrogen) atoms. The smallest absolute Gasteiger partial charge is 0.304 e. The molecule has 3 aromatic rings. The summed E-state index contributed by atoms with van der Waals surface area (Å²) in [5.74, 6) is 0.0676. The minimum Gasteiger partial charge on any atom is -0.497 e. The molecule has 0 saturated carbocycles. The highest BCUT2D eigenvalue weighted by molar-refractivity contribution is 5.96. The number of hydrogen-bond acceptors (Lipinski definition) is 5. The van der Waals surface area contributed by atoms with Crippen LogP contribution in [0.25, 0.3) is 11.1 Å². The van der Waals surface area contributed by atoms with Crippen LogP contribution in [0.5, 0.6) is 5.75 Å². The molecule has 6 nitrogen and oxygen atoms in total. The summed E-state index contributed by atoms with van der Waals surface area (Å²) in [5.41, 5.74) is 5.76. The fourth-order valence-electron chi connectivity index (χ4n) is 2.89. The van der Waals surface area contributed by atoms with E-state index in [1.807, 2.05) is 72.8 Å². The third-order valence-electron chi connectivity index (χ3n) is 4.79. The van der Waals surface area contributed by atoms with Gasteiger partial charge in [-0.1, -0.05) is 60.7 Å². The molecule has 4 N–H and O–H groups in total. The van der Waals surface area contributed by atoms with Crippen LogP contribution in [0.3, 0.4) is 0 Å². The Bertz CT molecular complexity index is 936. The van der Waals surface area contributed by atoms with Gasteiger partial charge in [-0.15, -0.1) is 0 Å². The molecular formula is C26H30N2O4. The van der Waals surface area contributed by atoms with Crippen LogP contribution in [0.15, 0.2) is 72.8 Å². The average Bonchev–Trinajstić information content (AvgIpc) is 2.82. The summed E-state index contributed by atoms with van der Waals surface area (Å²) in [6.45, 7) is 2.97. The van der Waals surface area contributed by atoms with Crippen LogP contribution in [-0.4, -0.2) is 35.5 Å². The van der Waals surface area contributed by atoms with Crippen LogP contribution in [0.1, 0.15) is 30.0 Å². The topological polar surface area (TPSA) is 103 Å². The number of hydrogen-bond donors (Lipinski definition) is 4. The minimum absolute atomic E-state index is 0.0862. The van der Waals surface area contributed by atoms with Gasteiger partial charge in [0.15, 0.2) is 0 Å². The van der Waals surface area contributed by atoms with Crippen molar-refractivity contribution in [3.63, 3.8) is 0 Å². The van der Waals surface area contributed by atoms with Crippen LogP contribution in [0.2, 0.25) is 0 Å². The number of carboxylic acid groups (broad SMARTS) is 1. The Balaban J connectivity index is 0.000000227. The Hall–Kier alpha value is -3.48. The van der Waals surface area contributed by atoms with E-state index in [0.29, 0.717) is 18.8 Å². The zero-order valence-electron chi connectivity index (χ0n) is 18.5. The van der Waals surface area contributed by atoms with Gasteiger partial charge in [0.2, 0.25) is 0 Å². The van der Waals surface area contributed by atoms with E-state index in [1.165, 1.54) is 0 Å². The number of ether oxygens (including phenoxy) is 1. The zero-order valence-corrected chi connectivity index (χ0v) is 18.5. The molecule has 3 rings (SSSR count). The Labute approximate surface area is 189 Å². The molecular weight excluding hydrogens is 404 g/mol. The van der Waals surface area contributed by atoms with E-state index < -0.39 is 5.97 Å². The van der Waals surface area contributed by atoms with Gasteiger partial charge in [0.05, 0.1) is 20.1 Å². The molecule has 0 saturated heterocycles. The summed E-state index contributed by atoms with van der Waals surface area (Å²) in [6.07, 6.45) is 0.137. The summed E-state index contributed by atoms with van der Waals surface area (Å²) in [5, 5.41) is 27.9. The van der Waals surface area contributed by atoms with Gasteiger partial charge in [0.1, 0.15) is 5.75 Å². The number of methoxy groups -OCH3 is 1. The molecule has 0 aliphatic carbocycles. The first-order valence-corrected chi connectivity index (χ1v) is 10.3. The molecule has 0 spiro atoms. The van der Waals surface area contributed by atoms with Gasteiger partial charge in [-0.2, -0.15) is 0 Å². The zero-order chi connectivity index (χ0) is 23.3. The molecule has 0 fully saturated rings. The Morgan fingerprint density at radius 1 is 0.906 bits per heavy atom. The van der Waals surface area contributed by atoms with Crippen LogP contribution in [0.4, 0.5) is 0 Å². The lowest BCUT2D eigenvalue weighted by atomic mass is 10.0. The van der Waals surface area contributed by atoms with Gasteiger partial charge in [0, 0.05) is 18.8 Å². The molecule has 0 amide bonds. The number of aliphatic hydroxyl groups is 1. The Kier molecular flexibility index (Phi) is 10.1. The molecule has 0 radical (unpaired) electrons. The number of aliphatic hydroxyl groups excluding tert-OH is 1. The molecule has 0 heterocycles. The average molecular weight is 435 g/mol. The van der Waals surface area contributed by atoms with Gasteiger partial charge in [-0.3, -0.25) is 4.79 Å². The molecule has 0 unspecified atom stereocenters. The first kappa shape index (κ1) is 24.8. The molecule has 0 bridgehead atoms. The number of rotatable bonds is 9. The molecule has 0 atom stereocenters. The van der Waals surface area contributed by atoms with Gasteiger partial charge < -0.3 is 25.7 Å². The normalized spacial score (nSPS) is 10.1. The van der Waals surface area contributed by atoms with Crippen molar-refractivity contribution in [1.29, 1.82) is 5.41 Å². The molecule has 0 aromatic heterocycles. The van der Waals surface area contributed by atoms with Crippen LogP contribution < -0.4 is 10.1 Å². The molecule has 6 heteroatoms. The molecule has 0 aliphatic rings. The number of nitrogens with one attached hydrogen (secondary N) is 2. The SMILES string of the molecule is CC(=N)c1ccc(CNCCC(=O)O)cc1.COc1ccc(-c2ccc(CO)cc2)cc1. The van der Waals surface area contributed by atoms with E-state index in [9.17, 15) is 4.79 Å². The van der Waals surface area contributed by atoms with Crippen molar-refractivity contribution in [3.05, 3.63) is 89.5 Å². The predicted octanol–water partition coefficient (Wildman–Crippen LogP) is 4.49. The molecule has 3 aromatic carbocycles. The van der Waals surface area contributed by atoms with Crippen LogP contribution >= 0.6 is 0 Å². The predicted molar refractivity (Wildman–Crippen MR) is 127 cm³/mol. The highest BCUT2D eigenvalue weighted by Gasteiger charge is 1.99.